The van der Waals surface area contributed by atoms with E-state index in [1.807, 2.05) is 0 Å². The maximum atomic E-state index is 2.60. The number of hydrogen-bond donors (Lipinski definition) is 0. The monoisotopic (exact) mass is 781 g/mol. The van der Waals surface area contributed by atoms with Gasteiger partial charge >= 0.3 is 0 Å². The molecule has 2 saturated carbocycles. The van der Waals surface area contributed by atoms with Crippen molar-refractivity contribution in [1.29, 1.82) is 0 Å². The van der Waals surface area contributed by atoms with Crippen LogP contribution >= 0.6 is 0 Å². The van der Waals surface area contributed by atoms with Crippen LogP contribution in [-0.2, 0) is 10.8 Å². The van der Waals surface area contributed by atoms with Gasteiger partial charge in [-0.25, -0.2) is 0 Å². The third kappa shape index (κ3) is 4.89. The lowest BCUT2D eigenvalue weighted by Crippen LogP contribution is -2.32. The zero-order valence-electron chi connectivity index (χ0n) is 34.8. The van der Waals surface area contributed by atoms with Crippen molar-refractivity contribution in [2.24, 2.45) is 11.8 Å². The first-order valence-electron chi connectivity index (χ1n) is 22.4. The molecule has 0 saturated heterocycles. The van der Waals surface area contributed by atoms with E-state index < -0.39 is 0 Å². The largest absolute Gasteiger partial charge is 0.310 e. The van der Waals surface area contributed by atoms with Crippen LogP contribution in [0.2, 0.25) is 0 Å². The van der Waals surface area contributed by atoms with E-state index in [2.05, 4.69) is 207 Å². The number of benzene rings is 9. The molecular formula is C60H47N. The summed E-state index contributed by atoms with van der Waals surface area (Å²) in [5.74, 6) is 1.51. The van der Waals surface area contributed by atoms with Crippen LogP contribution in [0.25, 0.3) is 66.1 Å². The molecule has 1 heteroatoms. The Morgan fingerprint density at radius 3 is 1.82 bits per heavy atom. The minimum Gasteiger partial charge on any atom is -0.310 e. The quantitative estimate of drug-likeness (QED) is 0.157. The van der Waals surface area contributed by atoms with Gasteiger partial charge < -0.3 is 4.90 Å². The third-order valence-corrected chi connectivity index (χ3v) is 15.5. The highest BCUT2D eigenvalue weighted by Gasteiger charge is 2.56. The smallest absolute Gasteiger partial charge is 0.0540 e. The molecule has 292 valence electrons. The van der Waals surface area contributed by atoms with Crippen molar-refractivity contribution < 1.29 is 0 Å². The van der Waals surface area contributed by atoms with Gasteiger partial charge in [-0.1, -0.05) is 172 Å². The summed E-state index contributed by atoms with van der Waals surface area (Å²) in [5, 5.41) is 5.15. The Kier molecular flexibility index (Phi) is 7.42. The Hall–Kier alpha value is -6.70. The van der Waals surface area contributed by atoms with Crippen LogP contribution in [0.3, 0.4) is 0 Å². The molecule has 61 heavy (non-hydrogen) atoms. The van der Waals surface area contributed by atoms with Gasteiger partial charge in [-0.2, -0.15) is 0 Å². The molecular weight excluding hydrogens is 735 g/mol. The molecule has 9 aromatic rings. The molecule has 13 rings (SSSR count). The van der Waals surface area contributed by atoms with Gasteiger partial charge in [0, 0.05) is 27.8 Å². The Balaban J connectivity index is 1.02. The van der Waals surface area contributed by atoms with Gasteiger partial charge in [0.05, 0.1) is 5.69 Å². The second-order valence-corrected chi connectivity index (χ2v) is 18.8. The fraction of sp³-hybridized carbons (Fsp3) is 0.167. The Morgan fingerprint density at radius 1 is 0.443 bits per heavy atom. The molecule has 9 aromatic carbocycles. The summed E-state index contributed by atoms with van der Waals surface area (Å²) in [5.41, 5.74) is 20.1. The topological polar surface area (TPSA) is 3.24 Å². The first-order valence-corrected chi connectivity index (χ1v) is 22.4. The third-order valence-electron chi connectivity index (χ3n) is 15.5. The number of nitrogens with zero attached hydrogens (tertiary/aromatic N) is 1. The van der Waals surface area contributed by atoms with Gasteiger partial charge in [0.1, 0.15) is 0 Å². The Labute approximate surface area is 359 Å². The molecule has 2 fully saturated rings. The first kappa shape index (κ1) is 35.1. The molecule has 3 unspecified atom stereocenters. The van der Waals surface area contributed by atoms with Crippen LogP contribution in [0, 0.1) is 11.8 Å². The lowest BCUT2D eigenvalue weighted by Gasteiger charge is -2.37. The average molecular weight is 782 g/mol. The van der Waals surface area contributed by atoms with Gasteiger partial charge in [-0.15, -0.1) is 0 Å². The minimum absolute atomic E-state index is 0.0904. The molecule has 3 atom stereocenters. The van der Waals surface area contributed by atoms with Gasteiger partial charge in [-0.05, 0) is 150 Å². The normalized spacial score (nSPS) is 19.9. The molecule has 0 aromatic heterocycles. The van der Waals surface area contributed by atoms with E-state index >= 15 is 0 Å². The summed E-state index contributed by atoms with van der Waals surface area (Å²) in [6.07, 6.45) is 5.33. The summed E-state index contributed by atoms with van der Waals surface area (Å²) in [7, 11) is 0. The summed E-state index contributed by atoms with van der Waals surface area (Å²) in [4.78, 5) is 2.57. The molecule has 0 N–H and O–H groups in total. The SMILES string of the molecule is CC1(C)c2ccccc2-c2cccc(-c3ccccc3N(c3ccc(-c4cc5ccccc5c5ccccc45)cc3)c3ccc4c(c3)C3(CC5CCC3C5)c3ccccc3-4)c21. The van der Waals surface area contributed by atoms with Crippen LogP contribution in [0.4, 0.5) is 17.1 Å². The lowest BCUT2D eigenvalue weighted by molar-refractivity contribution is 0.327. The number of anilines is 3. The second-order valence-electron chi connectivity index (χ2n) is 18.8. The van der Waals surface area contributed by atoms with Crippen LogP contribution in [-0.4, -0.2) is 0 Å². The highest BCUT2D eigenvalue weighted by molar-refractivity contribution is 6.13. The van der Waals surface area contributed by atoms with E-state index in [1.54, 1.807) is 5.56 Å². The van der Waals surface area contributed by atoms with Crippen molar-refractivity contribution in [2.45, 2.75) is 50.4 Å². The fourth-order valence-corrected chi connectivity index (χ4v) is 13.0. The highest BCUT2D eigenvalue weighted by Crippen LogP contribution is 2.66. The van der Waals surface area contributed by atoms with E-state index in [0.29, 0.717) is 5.92 Å². The van der Waals surface area contributed by atoms with Gasteiger partial charge in [0.15, 0.2) is 0 Å². The molecule has 0 aliphatic heterocycles. The molecule has 0 heterocycles. The van der Waals surface area contributed by atoms with E-state index in [0.717, 1.165) is 11.6 Å². The van der Waals surface area contributed by atoms with Crippen LogP contribution in [0.5, 0.6) is 0 Å². The number of para-hydroxylation sites is 1. The average Bonchev–Trinajstić information content (AvgIpc) is 4.06. The van der Waals surface area contributed by atoms with Crippen molar-refractivity contribution in [3.05, 3.63) is 210 Å². The standard InChI is InChI=1S/C60H47N/c1-59(2)54-23-10-7-19-48(54)51-21-13-22-52(58(51)59)50-20-9-12-25-57(50)61(42-30-27-39(28-31-42)53-35-40-14-3-4-15-44(40)45-16-5-6-17-46(45)53)43-32-33-49-47-18-8-11-24-55(47)60(56(49)36-43)37-38-26-29-41(60)34-38/h3-25,27-28,30-33,35-36,38,41H,26,29,34,37H2,1-2H3. The zero-order valence-corrected chi connectivity index (χ0v) is 34.8. The predicted octanol–water partition coefficient (Wildman–Crippen LogP) is 16.2. The van der Waals surface area contributed by atoms with Gasteiger partial charge in [0.25, 0.3) is 0 Å². The number of fused-ring (bicyclic) bond motifs is 14. The summed E-state index contributed by atoms with van der Waals surface area (Å²) in [6.45, 7) is 4.81. The molecule has 1 spiro atoms. The zero-order chi connectivity index (χ0) is 40.5. The lowest BCUT2D eigenvalue weighted by atomic mass is 9.67. The number of rotatable bonds is 5. The maximum Gasteiger partial charge on any atom is 0.0540 e. The Morgan fingerprint density at radius 2 is 1.05 bits per heavy atom. The fourth-order valence-electron chi connectivity index (χ4n) is 13.0. The van der Waals surface area contributed by atoms with Crippen molar-refractivity contribution in [2.75, 3.05) is 4.90 Å². The van der Waals surface area contributed by atoms with Crippen molar-refractivity contribution >= 4 is 38.6 Å². The van der Waals surface area contributed by atoms with E-state index in [4.69, 9.17) is 0 Å². The summed E-state index contributed by atoms with van der Waals surface area (Å²) < 4.78 is 0. The molecule has 2 bridgehead atoms. The van der Waals surface area contributed by atoms with Crippen molar-refractivity contribution in [3.63, 3.8) is 0 Å². The minimum atomic E-state index is -0.141. The molecule has 1 nitrogen and oxygen atoms in total. The predicted molar refractivity (Wildman–Crippen MR) is 256 cm³/mol. The van der Waals surface area contributed by atoms with E-state index in [1.165, 1.54) is 120 Å². The second kappa shape index (κ2) is 12.9. The molecule has 0 amide bonds. The maximum absolute atomic E-state index is 2.60. The van der Waals surface area contributed by atoms with Crippen molar-refractivity contribution in [3.8, 4) is 44.5 Å². The molecule has 0 radical (unpaired) electrons. The van der Waals surface area contributed by atoms with Crippen LogP contribution in [0.15, 0.2) is 188 Å². The Bertz CT molecular complexity index is 3260. The van der Waals surface area contributed by atoms with Gasteiger partial charge in [-0.3, -0.25) is 0 Å². The van der Waals surface area contributed by atoms with E-state index in [9.17, 15) is 0 Å². The van der Waals surface area contributed by atoms with Crippen LogP contribution < -0.4 is 4.90 Å². The van der Waals surface area contributed by atoms with Gasteiger partial charge in [0.2, 0.25) is 0 Å². The summed E-state index contributed by atoms with van der Waals surface area (Å²) >= 11 is 0. The molecule has 4 aliphatic carbocycles. The first-order chi connectivity index (χ1) is 30.0. The summed E-state index contributed by atoms with van der Waals surface area (Å²) in [6, 6.07) is 71.4. The van der Waals surface area contributed by atoms with Crippen LogP contribution in [0.1, 0.15) is 61.8 Å². The molecule has 4 aliphatic rings. The highest BCUT2D eigenvalue weighted by atomic mass is 15.1. The number of hydrogen-bond acceptors (Lipinski definition) is 1. The van der Waals surface area contributed by atoms with Crippen molar-refractivity contribution in [1.82, 2.24) is 0 Å². The van der Waals surface area contributed by atoms with E-state index in [-0.39, 0.29) is 10.8 Å².